The highest BCUT2D eigenvalue weighted by Crippen LogP contribution is 2.11. The SMILES string of the molecule is CCCCCCCCCCCBr.CCCCCCCCCCCC(=O)O. The number of aliphatic carboxylic acids is 1. The summed E-state index contributed by atoms with van der Waals surface area (Å²) in [6, 6.07) is 0. The van der Waals surface area contributed by atoms with Crippen molar-refractivity contribution >= 4 is 21.9 Å². The normalized spacial score (nSPS) is 10.4. The molecule has 0 aliphatic rings. The van der Waals surface area contributed by atoms with E-state index in [0.717, 1.165) is 12.8 Å². The van der Waals surface area contributed by atoms with Crippen LogP contribution in [0.1, 0.15) is 136 Å². The molecule has 0 atom stereocenters. The van der Waals surface area contributed by atoms with Crippen LogP contribution in [0.25, 0.3) is 0 Å². The highest BCUT2D eigenvalue weighted by Gasteiger charge is 1.96. The first-order chi connectivity index (χ1) is 12.7. The molecule has 2 nitrogen and oxygen atoms in total. The fourth-order valence-electron chi connectivity index (χ4n) is 2.99. The average Bonchev–Trinajstić information content (AvgIpc) is 2.63. The zero-order chi connectivity index (χ0) is 19.7. The first-order valence-corrected chi connectivity index (χ1v) is 12.6. The van der Waals surface area contributed by atoms with E-state index in [2.05, 4.69) is 29.8 Å². The molecule has 0 aromatic heterocycles. The number of hydrogen-bond acceptors (Lipinski definition) is 1. The van der Waals surface area contributed by atoms with E-state index in [1.165, 1.54) is 108 Å². The molecule has 0 radical (unpaired) electrons. The predicted molar refractivity (Wildman–Crippen MR) is 121 cm³/mol. The van der Waals surface area contributed by atoms with Gasteiger partial charge >= 0.3 is 5.97 Å². The molecule has 0 aromatic carbocycles. The maximum atomic E-state index is 10.2. The number of carbonyl (C=O) groups is 1. The minimum absolute atomic E-state index is 0.343. The van der Waals surface area contributed by atoms with Gasteiger partial charge in [-0.3, -0.25) is 4.79 Å². The Morgan fingerprint density at radius 3 is 1.19 bits per heavy atom. The molecule has 0 bridgehead atoms. The zero-order valence-corrected chi connectivity index (χ0v) is 19.5. The van der Waals surface area contributed by atoms with Crippen molar-refractivity contribution in [2.45, 2.75) is 136 Å². The van der Waals surface area contributed by atoms with Gasteiger partial charge in [0.25, 0.3) is 0 Å². The van der Waals surface area contributed by atoms with Crippen LogP contribution < -0.4 is 0 Å². The quantitative estimate of drug-likeness (QED) is 0.162. The van der Waals surface area contributed by atoms with Gasteiger partial charge in [-0.05, 0) is 12.8 Å². The van der Waals surface area contributed by atoms with Gasteiger partial charge in [-0.1, -0.05) is 133 Å². The van der Waals surface area contributed by atoms with Gasteiger partial charge in [-0.2, -0.15) is 0 Å². The molecule has 0 spiro atoms. The Bertz CT molecular complexity index is 247. The largest absolute Gasteiger partial charge is 0.481 e. The molecule has 158 valence electrons. The number of rotatable bonds is 19. The van der Waals surface area contributed by atoms with Crippen LogP contribution in [-0.4, -0.2) is 16.4 Å². The van der Waals surface area contributed by atoms with Crippen molar-refractivity contribution in [3.8, 4) is 0 Å². The summed E-state index contributed by atoms with van der Waals surface area (Å²) < 4.78 is 0. The first-order valence-electron chi connectivity index (χ1n) is 11.5. The molecule has 0 aromatic rings. The van der Waals surface area contributed by atoms with Crippen molar-refractivity contribution in [1.29, 1.82) is 0 Å². The van der Waals surface area contributed by atoms with E-state index in [1.807, 2.05) is 0 Å². The lowest BCUT2D eigenvalue weighted by Gasteiger charge is -2.00. The van der Waals surface area contributed by atoms with Crippen LogP contribution in [0.2, 0.25) is 0 Å². The molecule has 1 N–H and O–H groups in total. The minimum Gasteiger partial charge on any atom is -0.481 e. The molecule has 0 heterocycles. The Kier molecular flexibility index (Phi) is 29.4. The Hall–Kier alpha value is -0.0500. The molecule has 0 saturated carbocycles. The Morgan fingerprint density at radius 1 is 0.577 bits per heavy atom. The predicted octanol–water partition coefficient (Wildman–Crippen LogP) is 8.90. The number of halogens is 1. The monoisotopic (exact) mass is 434 g/mol. The summed E-state index contributed by atoms with van der Waals surface area (Å²) in [5, 5.41) is 9.60. The maximum Gasteiger partial charge on any atom is 0.303 e. The average molecular weight is 436 g/mol. The van der Waals surface area contributed by atoms with Crippen LogP contribution >= 0.6 is 15.9 Å². The molecule has 0 saturated heterocycles. The van der Waals surface area contributed by atoms with E-state index in [1.54, 1.807) is 0 Å². The molecule has 0 rings (SSSR count). The van der Waals surface area contributed by atoms with Crippen LogP contribution in [0.3, 0.4) is 0 Å². The highest BCUT2D eigenvalue weighted by molar-refractivity contribution is 9.09. The van der Waals surface area contributed by atoms with E-state index in [9.17, 15) is 4.79 Å². The fraction of sp³-hybridized carbons (Fsp3) is 0.957. The second-order valence-electron chi connectivity index (χ2n) is 7.49. The highest BCUT2D eigenvalue weighted by atomic mass is 79.9. The summed E-state index contributed by atoms with van der Waals surface area (Å²) in [6.45, 7) is 4.50. The van der Waals surface area contributed by atoms with Gasteiger partial charge in [0.2, 0.25) is 0 Å². The second kappa shape index (κ2) is 27.2. The number of carboxylic acids is 1. The van der Waals surface area contributed by atoms with Crippen molar-refractivity contribution in [1.82, 2.24) is 0 Å². The third kappa shape index (κ3) is 31.7. The van der Waals surface area contributed by atoms with Gasteiger partial charge in [0.05, 0.1) is 0 Å². The smallest absolute Gasteiger partial charge is 0.303 e. The standard InChI is InChI=1S/C12H24O2.C11H23Br/c1-2-3-4-5-6-7-8-9-10-11-12(13)14;1-2-3-4-5-6-7-8-9-10-11-12/h2-11H2,1H3,(H,13,14);2-11H2,1H3. The van der Waals surface area contributed by atoms with Crippen molar-refractivity contribution in [3.63, 3.8) is 0 Å². The Morgan fingerprint density at radius 2 is 0.885 bits per heavy atom. The number of unbranched alkanes of at least 4 members (excludes halogenated alkanes) is 16. The third-order valence-electron chi connectivity index (χ3n) is 4.73. The van der Waals surface area contributed by atoms with E-state index in [0.29, 0.717) is 6.42 Å². The number of hydrogen-bond donors (Lipinski definition) is 1. The fourth-order valence-corrected chi connectivity index (χ4v) is 3.39. The summed E-state index contributed by atoms with van der Waals surface area (Å²) >= 11 is 3.45. The number of carboxylic acid groups (broad SMARTS) is 1. The van der Waals surface area contributed by atoms with Crippen molar-refractivity contribution in [2.24, 2.45) is 0 Å². The number of alkyl halides is 1. The minimum atomic E-state index is -0.659. The van der Waals surface area contributed by atoms with Crippen LogP contribution in [0.4, 0.5) is 0 Å². The molecular formula is C23H47BrO2. The van der Waals surface area contributed by atoms with Crippen molar-refractivity contribution in [2.75, 3.05) is 5.33 Å². The molecule has 0 fully saturated rings. The van der Waals surface area contributed by atoms with E-state index < -0.39 is 5.97 Å². The lowest BCUT2D eigenvalue weighted by Crippen LogP contribution is -1.93. The summed E-state index contributed by atoms with van der Waals surface area (Å²) in [4.78, 5) is 10.2. The van der Waals surface area contributed by atoms with Crippen molar-refractivity contribution in [3.05, 3.63) is 0 Å². The van der Waals surface area contributed by atoms with E-state index in [-0.39, 0.29) is 0 Å². The first kappa shape index (κ1) is 28.2. The second-order valence-corrected chi connectivity index (χ2v) is 8.28. The van der Waals surface area contributed by atoms with Crippen LogP contribution in [0, 0.1) is 0 Å². The summed E-state index contributed by atoms with van der Waals surface area (Å²) in [5.41, 5.74) is 0. The zero-order valence-electron chi connectivity index (χ0n) is 17.9. The lowest BCUT2D eigenvalue weighted by atomic mass is 10.1. The Labute approximate surface area is 173 Å². The van der Waals surface area contributed by atoms with Gasteiger partial charge in [-0.25, -0.2) is 0 Å². The molecular weight excluding hydrogens is 388 g/mol. The van der Waals surface area contributed by atoms with Gasteiger partial charge in [0.1, 0.15) is 0 Å². The van der Waals surface area contributed by atoms with E-state index >= 15 is 0 Å². The van der Waals surface area contributed by atoms with Crippen molar-refractivity contribution < 1.29 is 9.90 Å². The lowest BCUT2D eigenvalue weighted by molar-refractivity contribution is -0.137. The van der Waals surface area contributed by atoms with Gasteiger partial charge in [-0.15, -0.1) is 0 Å². The topological polar surface area (TPSA) is 37.3 Å². The summed E-state index contributed by atoms with van der Waals surface area (Å²) in [5.74, 6) is -0.659. The molecule has 0 aliphatic heterocycles. The third-order valence-corrected chi connectivity index (χ3v) is 5.29. The van der Waals surface area contributed by atoms with Crippen LogP contribution in [-0.2, 0) is 4.79 Å². The van der Waals surface area contributed by atoms with Gasteiger partial charge < -0.3 is 5.11 Å². The Balaban J connectivity index is 0. The summed E-state index contributed by atoms with van der Waals surface area (Å²) in [7, 11) is 0. The van der Waals surface area contributed by atoms with Gasteiger partial charge in [0.15, 0.2) is 0 Å². The van der Waals surface area contributed by atoms with Crippen LogP contribution in [0.5, 0.6) is 0 Å². The molecule has 26 heavy (non-hydrogen) atoms. The summed E-state index contributed by atoms with van der Waals surface area (Å²) in [6.07, 6.45) is 24.3. The molecule has 3 heteroatoms. The molecule has 0 unspecified atom stereocenters. The molecule has 0 amide bonds. The van der Waals surface area contributed by atoms with E-state index in [4.69, 9.17) is 5.11 Å². The van der Waals surface area contributed by atoms with Gasteiger partial charge in [0, 0.05) is 11.8 Å². The van der Waals surface area contributed by atoms with Crippen LogP contribution in [0.15, 0.2) is 0 Å². The maximum absolute atomic E-state index is 10.2. The molecule has 0 aliphatic carbocycles.